The van der Waals surface area contributed by atoms with Crippen LogP contribution in [-0.4, -0.2) is 55.5 Å². The van der Waals surface area contributed by atoms with Gasteiger partial charge in [-0.3, -0.25) is 14.4 Å². The largest absolute Gasteiger partial charge is 0.484 e. The number of benzene rings is 1. The Hall–Kier alpha value is -2.28. The van der Waals surface area contributed by atoms with E-state index in [9.17, 15) is 14.4 Å². The number of nitrogens with zero attached hydrogens (tertiary/aromatic N) is 1. The Balaban J connectivity index is 1.72. The second kappa shape index (κ2) is 10.0. The molecule has 1 heterocycles. The van der Waals surface area contributed by atoms with Crippen LogP contribution in [0.2, 0.25) is 5.02 Å². The molecule has 2 rings (SSSR count). The summed E-state index contributed by atoms with van der Waals surface area (Å²) in [5, 5.41) is 3.11. The molecule has 0 bridgehead atoms. The van der Waals surface area contributed by atoms with Gasteiger partial charge in [0.2, 0.25) is 5.91 Å². The van der Waals surface area contributed by atoms with Crippen molar-refractivity contribution >= 4 is 29.4 Å². The van der Waals surface area contributed by atoms with Crippen LogP contribution in [0.25, 0.3) is 0 Å². The first-order valence-corrected chi connectivity index (χ1v) is 8.97. The quantitative estimate of drug-likeness (QED) is 0.724. The molecule has 142 valence electrons. The maximum Gasteiger partial charge on any atom is 0.310 e. The third-order valence-electron chi connectivity index (χ3n) is 4.01. The van der Waals surface area contributed by atoms with Crippen LogP contribution in [0.1, 0.15) is 19.8 Å². The van der Waals surface area contributed by atoms with Gasteiger partial charge in [-0.2, -0.15) is 0 Å². The van der Waals surface area contributed by atoms with Crippen molar-refractivity contribution in [2.24, 2.45) is 5.92 Å². The molecule has 1 aliphatic heterocycles. The molecule has 2 amide bonds. The summed E-state index contributed by atoms with van der Waals surface area (Å²) in [6.07, 6.45) is 1.45. The van der Waals surface area contributed by atoms with Crippen LogP contribution < -0.4 is 10.1 Å². The molecule has 1 saturated heterocycles. The lowest BCUT2D eigenvalue weighted by Crippen LogP contribution is -2.47. The highest BCUT2D eigenvalue weighted by Gasteiger charge is 2.29. The summed E-state index contributed by atoms with van der Waals surface area (Å²) >= 11 is 5.77. The number of carbonyl (C=O) groups is 3. The van der Waals surface area contributed by atoms with Crippen molar-refractivity contribution in [1.29, 1.82) is 0 Å². The highest BCUT2D eigenvalue weighted by molar-refractivity contribution is 6.30. The van der Waals surface area contributed by atoms with Crippen LogP contribution >= 0.6 is 11.6 Å². The Kier molecular flexibility index (Phi) is 7.72. The van der Waals surface area contributed by atoms with Crippen LogP contribution in [0.15, 0.2) is 24.3 Å². The number of nitrogens with one attached hydrogen (secondary N) is 1. The molecule has 0 aliphatic carbocycles. The number of hydrogen-bond acceptors (Lipinski definition) is 5. The smallest absolute Gasteiger partial charge is 0.310 e. The fourth-order valence-corrected chi connectivity index (χ4v) is 2.80. The van der Waals surface area contributed by atoms with Crippen LogP contribution in [-0.2, 0) is 19.1 Å². The Morgan fingerprint density at radius 1 is 1.27 bits per heavy atom. The number of esters is 1. The van der Waals surface area contributed by atoms with E-state index in [0.717, 1.165) is 6.42 Å². The number of ether oxygens (including phenoxy) is 2. The standard InChI is InChI=1S/C18H23ClN2O5/c1-2-25-18(24)13-4-3-9-21(11-13)17(23)10-20-16(22)12-26-15-7-5-14(19)6-8-15/h5-8,13H,2-4,9-12H2,1H3,(H,20,22). The van der Waals surface area contributed by atoms with Gasteiger partial charge >= 0.3 is 5.97 Å². The molecule has 7 nitrogen and oxygen atoms in total. The lowest BCUT2D eigenvalue weighted by molar-refractivity contribution is -0.151. The van der Waals surface area contributed by atoms with Crippen molar-refractivity contribution in [3.05, 3.63) is 29.3 Å². The summed E-state index contributed by atoms with van der Waals surface area (Å²) in [6.45, 7) is 2.66. The Morgan fingerprint density at radius 2 is 2.00 bits per heavy atom. The first kappa shape index (κ1) is 20.0. The molecule has 0 saturated carbocycles. The number of rotatable bonds is 7. The molecular formula is C18H23ClN2O5. The Morgan fingerprint density at radius 3 is 2.69 bits per heavy atom. The lowest BCUT2D eigenvalue weighted by atomic mass is 9.98. The molecule has 26 heavy (non-hydrogen) atoms. The Bertz CT molecular complexity index is 635. The average molecular weight is 383 g/mol. The summed E-state index contributed by atoms with van der Waals surface area (Å²) in [4.78, 5) is 37.5. The monoisotopic (exact) mass is 382 g/mol. The van der Waals surface area contributed by atoms with Gasteiger partial charge in [-0.15, -0.1) is 0 Å². The minimum Gasteiger partial charge on any atom is -0.484 e. The summed E-state index contributed by atoms with van der Waals surface area (Å²) in [5.74, 6) is -0.669. The highest BCUT2D eigenvalue weighted by Crippen LogP contribution is 2.18. The third-order valence-corrected chi connectivity index (χ3v) is 4.27. The van der Waals surface area contributed by atoms with E-state index in [1.54, 1.807) is 36.1 Å². The van der Waals surface area contributed by atoms with E-state index in [-0.39, 0.29) is 30.9 Å². The van der Waals surface area contributed by atoms with Gasteiger partial charge in [-0.1, -0.05) is 11.6 Å². The van der Waals surface area contributed by atoms with E-state index in [1.807, 2.05) is 0 Å². The maximum absolute atomic E-state index is 12.2. The van der Waals surface area contributed by atoms with E-state index in [1.165, 1.54) is 0 Å². The van der Waals surface area contributed by atoms with E-state index < -0.39 is 5.91 Å². The third kappa shape index (κ3) is 6.22. The molecule has 1 aliphatic rings. The number of hydrogen-bond donors (Lipinski definition) is 1. The van der Waals surface area contributed by atoms with Crippen molar-refractivity contribution in [2.75, 3.05) is 32.8 Å². The number of amides is 2. The first-order chi connectivity index (χ1) is 12.5. The van der Waals surface area contributed by atoms with Gasteiger partial charge in [-0.05, 0) is 44.0 Å². The average Bonchev–Trinajstić information content (AvgIpc) is 2.66. The second-order valence-electron chi connectivity index (χ2n) is 5.95. The van der Waals surface area contributed by atoms with Crippen LogP contribution in [0.4, 0.5) is 0 Å². The van der Waals surface area contributed by atoms with Gasteiger partial charge in [0.1, 0.15) is 5.75 Å². The Labute approximate surface area is 157 Å². The lowest BCUT2D eigenvalue weighted by Gasteiger charge is -2.31. The van der Waals surface area contributed by atoms with Crippen molar-refractivity contribution in [3.63, 3.8) is 0 Å². The van der Waals surface area contributed by atoms with E-state index >= 15 is 0 Å². The van der Waals surface area contributed by atoms with E-state index in [0.29, 0.717) is 36.9 Å². The number of likely N-dealkylation sites (tertiary alicyclic amines) is 1. The van der Waals surface area contributed by atoms with Crippen LogP contribution in [0.3, 0.4) is 0 Å². The zero-order chi connectivity index (χ0) is 18.9. The van der Waals surface area contributed by atoms with Gasteiger partial charge in [0.05, 0.1) is 19.1 Å². The molecule has 1 unspecified atom stereocenters. The zero-order valence-corrected chi connectivity index (χ0v) is 15.5. The van der Waals surface area contributed by atoms with Crippen molar-refractivity contribution in [2.45, 2.75) is 19.8 Å². The number of carbonyl (C=O) groups excluding carboxylic acids is 3. The summed E-state index contributed by atoms with van der Waals surface area (Å²) in [7, 11) is 0. The molecule has 1 N–H and O–H groups in total. The molecule has 0 radical (unpaired) electrons. The van der Waals surface area contributed by atoms with Gasteiger partial charge in [-0.25, -0.2) is 0 Å². The maximum atomic E-state index is 12.2. The van der Waals surface area contributed by atoms with Crippen molar-refractivity contribution in [1.82, 2.24) is 10.2 Å². The minimum atomic E-state index is -0.396. The highest BCUT2D eigenvalue weighted by atomic mass is 35.5. The van der Waals surface area contributed by atoms with Gasteiger partial charge in [0.15, 0.2) is 6.61 Å². The molecule has 1 atom stereocenters. The van der Waals surface area contributed by atoms with Crippen molar-refractivity contribution in [3.8, 4) is 5.75 Å². The topological polar surface area (TPSA) is 84.9 Å². The van der Waals surface area contributed by atoms with Crippen LogP contribution in [0, 0.1) is 5.92 Å². The first-order valence-electron chi connectivity index (χ1n) is 8.59. The molecule has 8 heteroatoms. The summed E-state index contributed by atoms with van der Waals surface area (Å²) in [6, 6.07) is 6.64. The van der Waals surface area contributed by atoms with Gasteiger partial charge in [0, 0.05) is 18.1 Å². The van der Waals surface area contributed by atoms with E-state index in [4.69, 9.17) is 21.1 Å². The normalized spacial score (nSPS) is 16.7. The van der Waals surface area contributed by atoms with Crippen LogP contribution in [0.5, 0.6) is 5.75 Å². The number of piperidine rings is 1. The van der Waals surface area contributed by atoms with Crippen molar-refractivity contribution < 1.29 is 23.9 Å². The van der Waals surface area contributed by atoms with E-state index in [2.05, 4.69) is 5.32 Å². The SMILES string of the molecule is CCOC(=O)C1CCCN(C(=O)CNC(=O)COc2ccc(Cl)cc2)C1. The van der Waals surface area contributed by atoms with Gasteiger partial charge < -0.3 is 19.7 Å². The minimum absolute atomic E-state index is 0.127. The molecule has 1 fully saturated rings. The van der Waals surface area contributed by atoms with Gasteiger partial charge in [0.25, 0.3) is 5.91 Å². The molecular weight excluding hydrogens is 360 g/mol. The fourth-order valence-electron chi connectivity index (χ4n) is 2.67. The second-order valence-corrected chi connectivity index (χ2v) is 6.39. The predicted molar refractivity (Wildman–Crippen MR) is 95.9 cm³/mol. The zero-order valence-electron chi connectivity index (χ0n) is 14.7. The molecule has 1 aromatic rings. The number of halogens is 1. The summed E-state index contributed by atoms with van der Waals surface area (Å²) in [5.41, 5.74) is 0. The molecule has 0 spiro atoms. The summed E-state index contributed by atoms with van der Waals surface area (Å²) < 4.78 is 10.3. The predicted octanol–water partition coefficient (Wildman–Crippen LogP) is 1.64. The molecule has 0 aromatic heterocycles. The fraction of sp³-hybridized carbons (Fsp3) is 0.500. The molecule has 1 aromatic carbocycles.